The Kier molecular flexibility index (Phi) is 60.3. The van der Waals surface area contributed by atoms with Crippen LogP contribution in [0, 0.1) is 0 Å². The maximum absolute atomic E-state index is 12.9. The van der Waals surface area contributed by atoms with Gasteiger partial charge in [-0.1, -0.05) is 286 Å². The molecule has 0 aliphatic carbocycles. The molecule has 0 aliphatic rings. The minimum absolute atomic E-state index is 0.0772. The molecule has 1 unspecified atom stereocenters. The van der Waals surface area contributed by atoms with E-state index in [2.05, 4.69) is 106 Å². The van der Waals surface area contributed by atoms with E-state index in [1.807, 2.05) is 0 Å². The van der Waals surface area contributed by atoms with Gasteiger partial charge < -0.3 is 14.2 Å². The van der Waals surface area contributed by atoms with Gasteiger partial charge in [-0.15, -0.1) is 0 Å². The van der Waals surface area contributed by atoms with Crippen LogP contribution < -0.4 is 0 Å². The predicted molar refractivity (Wildman–Crippen MR) is 325 cm³/mol. The van der Waals surface area contributed by atoms with Crippen molar-refractivity contribution >= 4 is 17.9 Å². The fourth-order valence-corrected chi connectivity index (χ4v) is 9.09. The van der Waals surface area contributed by atoms with E-state index in [9.17, 15) is 14.4 Å². The molecule has 0 amide bonds. The molecular formula is C69H120O6. The summed E-state index contributed by atoms with van der Waals surface area (Å²) in [4.78, 5) is 38.3. The Bertz CT molecular complexity index is 1430. The molecule has 0 radical (unpaired) electrons. The number of rotatable bonds is 58. The fraction of sp³-hybridized carbons (Fsp3) is 0.754. The number of ether oxygens (including phenoxy) is 3. The van der Waals surface area contributed by atoms with Crippen LogP contribution in [-0.4, -0.2) is 37.2 Å². The Morgan fingerprint density at radius 3 is 0.827 bits per heavy atom. The summed E-state index contributed by atoms with van der Waals surface area (Å²) in [5.41, 5.74) is 0. The van der Waals surface area contributed by atoms with Crippen molar-refractivity contribution in [1.82, 2.24) is 0 Å². The SMILES string of the molecule is CC/C=C\C/C=C\C/C=C\C/C=C\C/C=C\C/C=C\CCCCCCCCCCCCC(=O)OCC(COC(=O)CCCCCCCCCCCCCCC)OC(=O)CCCCCCC/C=C\CCCCCCCC. The van der Waals surface area contributed by atoms with Crippen molar-refractivity contribution in [3.63, 3.8) is 0 Å². The Morgan fingerprint density at radius 1 is 0.280 bits per heavy atom. The van der Waals surface area contributed by atoms with Crippen LogP contribution in [0.5, 0.6) is 0 Å². The van der Waals surface area contributed by atoms with Gasteiger partial charge in [-0.2, -0.15) is 0 Å². The van der Waals surface area contributed by atoms with Crippen LogP contribution in [0.1, 0.15) is 316 Å². The summed E-state index contributed by atoms with van der Waals surface area (Å²) in [5.74, 6) is -0.877. The first-order chi connectivity index (χ1) is 37.0. The van der Waals surface area contributed by atoms with Gasteiger partial charge in [0.05, 0.1) is 0 Å². The zero-order valence-electron chi connectivity index (χ0n) is 49.6. The molecule has 0 aromatic heterocycles. The third-order valence-corrected chi connectivity index (χ3v) is 13.9. The summed E-state index contributed by atoms with van der Waals surface area (Å²) in [6.07, 6.45) is 83.0. The Hall–Kier alpha value is -3.41. The lowest BCUT2D eigenvalue weighted by atomic mass is 10.0. The molecule has 432 valence electrons. The van der Waals surface area contributed by atoms with E-state index < -0.39 is 6.10 Å². The van der Waals surface area contributed by atoms with Crippen LogP contribution in [0.15, 0.2) is 85.1 Å². The van der Waals surface area contributed by atoms with Gasteiger partial charge in [0.1, 0.15) is 13.2 Å². The molecule has 6 heteroatoms. The molecule has 0 saturated carbocycles. The summed E-state index contributed by atoms with van der Waals surface area (Å²) in [5, 5.41) is 0. The molecule has 0 aromatic carbocycles. The highest BCUT2D eigenvalue weighted by Crippen LogP contribution is 2.16. The molecule has 1 atom stereocenters. The van der Waals surface area contributed by atoms with Gasteiger partial charge in [0.15, 0.2) is 6.10 Å². The average Bonchev–Trinajstić information content (AvgIpc) is 3.41. The van der Waals surface area contributed by atoms with Crippen LogP contribution >= 0.6 is 0 Å². The van der Waals surface area contributed by atoms with Crippen molar-refractivity contribution in [2.24, 2.45) is 0 Å². The van der Waals surface area contributed by atoms with Crippen LogP contribution in [0.4, 0.5) is 0 Å². The van der Waals surface area contributed by atoms with Crippen LogP contribution in [0.2, 0.25) is 0 Å². The number of carbonyl (C=O) groups excluding carboxylic acids is 3. The smallest absolute Gasteiger partial charge is 0.306 e. The third-order valence-electron chi connectivity index (χ3n) is 13.9. The Balaban J connectivity index is 4.26. The second kappa shape index (κ2) is 63.1. The van der Waals surface area contributed by atoms with Gasteiger partial charge in [-0.3, -0.25) is 14.4 Å². The summed E-state index contributed by atoms with van der Waals surface area (Å²) < 4.78 is 16.9. The molecular weight excluding hydrogens is 925 g/mol. The first-order valence-corrected chi connectivity index (χ1v) is 32.1. The zero-order valence-corrected chi connectivity index (χ0v) is 49.6. The van der Waals surface area contributed by atoms with E-state index >= 15 is 0 Å². The van der Waals surface area contributed by atoms with Gasteiger partial charge in [-0.05, 0) is 96.3 Å². The van der Waals surface area contributed by atoms with Crippen LogP contribution in [-0.2, 0) is 28.6 Å². The fourth-order valence-electron chi connectivity index (χ4n) is 9.09. The zero-order chi connectivity index (χ0) is 54.3. The minimum Gasteiger partial charge on any atom is -0.462 e. The van der Waals surface area contributed by atoms with Crippen LogP contribution in [0.3, 0.4) is 0 Å². The van der Waals surface area contributed by atoms with Gasteiger partial charge in [-0.25, -0.2) is 0 Å². The van der Waals surface area contributed by atoms with Gasteiger partial charge in [0, 0.05) is 19.3 Å². The number of hydrogen-bond donors (Lipinski definition) is 0. The second-order valence-corrected chi connectivity index (χ2v) is 21.3. The highest BCUT2D eigenvalue weighted by Gasteiger charge is 2.19. The lowest BCUT2D eigenvalue weighted by molar-refractivity contribution is -0.167. The Labute approximate surface area is 465 Å². The molecule has 0 rings (SSSR count). The standard InChI is InChI=1S/C69H120O6/c1-4-7-10-13-16-19-22-25-27-28-29-30-31-32-33-34-35-36-37-38-39-40-42-44-47-50-53-56-59-62-68(71)74-65-66(64-73-67(70)61-58-55-52-49-46-43-24-21-18-15-12-9-6-3)75-69(72)63-60-57-54-51-48-45-41-26-23-20-17-14-11-8-5-2/h7,10,16,19,25-27,29-30,32-33,35-36,41,66H,4-6,8-9,11-15,17-18,20-24,28,31,34,37-40,42-65H2,1-3H3/b10-7-,19-16-,27-25-,30-29-,33-32-,36-35-,41-26-. The van der Waals surface area contributed by atoms with Crippen molar-refractivity contribution in [1.29, 1.82) is 0 Å². The number of carbonyl (C=O) groups is 3. The van der Waals surface area contributed by atoms with Crippen LogP contribution in [0.25, 0.3) is 0 Å². The van der Waals surface area contributed by atoms with Gasteiger partial charge in [0.25, 0.3) is 0 Å². The molecule has 0 fully saturated rings. The third kappa shape index (κ3) is 61.3. The topological polar surface area (TPSA) is 78.9 Å². The predicted octanol–water partition coefficient (Wildman–Crippen LogP) is 21.9. The first kappa shape index (κ1) is 71.6. The van der Waals surface area contributed by atoms with Gasteiger partial charge in [0.2, 0.25) is 0 Å². The number of unbranched alkanes of at least 4 members (excludes halogenated alkanes) is 33. The molecule has 6 nitrogen and oxygen atoms in total. The van der Waals surface area contributed by atoms with E-state index in [0.717, 1.165) is 109 Å². The second-order valence-electron chi connectivity index (χ2n) is 21.3. The highest BCUT2D eigenvalue weighted by molar-refractivity contribution is 5.71. The van der Waals surface area contributed by atoms with Crippen molar-refractivity contribution in [3.05, 3.63) is 85.1 Å². The van der Waals surface area contributed by atoms with Crippen molar-refractivity contribution in [2.75, 3.05) is 13.2 Å². The quantitative estimate of drug-likeness (QED) is 0.0261. The van der Waals surface area contributed by atoms with E-state index in [-0.39, 0.29) is 31.1 Å². The summed E-state index contributed by atoms with van der Waals surface area (Å²) >= 11 is 0. The van der Waals surface area contributed by atoms with E-state index in [0.29, 0.717) is 19.3 Å². The van der Waals surface area contributed by atoms with Crippen molar-refractivity contribution in [3.8, 4) is 0 Å². The molecule has 0 aromatic rings. The maximum Gasteiger partial charge on any atom is 0.306 e. The average molecular weight is 1050 g/mol. The Morgan fingerprint density at radius 2 is 0.520 bits per heavy atom. The number of esters is 3. The molecule has 0 bridgehead atoms. The van der Waals surface area contributed by atoms with Crippen molar-refractivity contribution in [2.45, 2.75) is 322 Å². The summed E-state index contributed by atoms with van der Waals surface area (Å²) in [7, 11) is 0. The lowest BCUT2D eigenvalue weighted by Crippen LogP contribution is -2.30. The normalized spacial score (nSPS) is 12.6. The van der Waals surface area contributed by atoms with Gasteiger partial charge >= 0.3 is 17.9 Å². The first-order valence-electron chi connectivity index (χ1n) is 32.1. The van der Waals surface area contributed by atoms with Crippen molar-refractivity contribution < 1.29 is 28.6 Å². The molecule has 0 aliphatic heterocycles. The lowest BCUT2D eigenvalue weighted by Gasteiger charge is -2.18. The molecule has 0 saturated heterocycles. The summed E-state index contributed by atoms with van der Waals surface area (Å²) in [6.45, 7) is 6.54. The molecule has 0 N–H and O–H groups in total. The number of allylic oxidation sites excluding steroid dienone is 14. The van der Waals surface area contributed by atoms with E-state index in [1.54, 1.807) is 0 Å². The highest BCUT2D eigenvalue weighted by atomic mass is 16.6. The van der Waals surface area contributed by atoms with E-state index in [1.165, 1.54) is 167 Å². The maximum atomic E-state index is 12.9. The largest absolute Gasteiger partial charge is 0.462 e. The molecule has 75 heavy (non-hydrogen) atoms. The molecule has 0 heterocycles. The number of hydrogen-bond acceptors (Lipinski definition) is 6. The molecule has 0 spiro atoms. The van der Waals surface area contributed by atoms with E-state index in [4.69, 9.17) is 14.2 Å². The summed E-state index contributed by atoms with van der Waals surface area (Å²) in [6, 6.07) is 0. The minimum atomic E-state index is -0.781. The monoisotopic (exact) mass is 1040 g/mol.